The number of nitrogens with zero attached hydrogens (tertiary/aromatic N) is 1. The van der Waals surface area contributed by atoms with E-state index in [1.165, 1.54) is 16.4 Å². The van der Waals surface area contributed by atoms with Crippen LogP contribution in [0.15, 0.2) is 29.2 Å². The molecule has 2 atom stereocenters. The summed E-state index contributed by atoms with van der Waals surface area (Å²) in [7, 11) is -3.60. The number of benzene rings is 1. The third-order valence-electron chi connectivity index (χ3n) is 4.43. The standard InChI is InChI=1S/C20H33N3O4S/c1-15-13-23(14-16(2)27-15)28(25,26)18-9-7-17(8-10-18)19(24)21-11-6-12-22-20(3,4)5/h7-10,15-16,22H,6,11-14H2,1-5H3,(H,21,24)/t15-,16+. The Morgan fingerprint density at radius 3 is 2.21 bits per heavy atom. The summed E-state index contributed by atoms with van der Waals surface area (Å²) in [5.41, 5.74) is 0.507. The van der Waals surface area contributed by atoms with Gasteiger partial charge in [-0.25, -0.2) is 8.42 Å². The van der Waals surface area contributed by atoms with Gasteiger partial charge >= 0.3 is 0 Å². The number of rotatable bonds is 7. The Labute approximate surface area is 168 Å². The van der Waals surface area contributed by atoms with E-state index in [2.05, 4.69) is 31.4 Å². The second kappa shape index (κ2) is 9.35. The molecule has 28 heavy (non-hydrogen) atoms. The van der Waals surface area contributed by atoms with Crippen molar-refractivity contribution in [2.24, 2.45) is 0 Å². The van der Waals surface area contributed by atoms with Gasteiger partial charge in [0.25, 0.3) is 5.91 Å². The molecule has 1 aromatic carbocycles. The number of ether oxygens (including phenoxy) is 1. The lowest BCUT2D eigenvalue weighted by Crippen LogP contribution is -2.48. The van der Waals surface area contributed by atoms with Gasteiger partial charge in [-0.05, 0) is 71.8 Å². The summed E-state index contributed by atoms with van der Waals surface area (Å²) in [4.78, 5) is 12.4. The van der Waals surface area contributed by atoms with Crippen molar-refractivity contribution in [1.82, 2.24) is 14.9 Å². The number of hydrogen-bond donors (Lipinski definition) is 2. The topological polar surface area (TPSA) is 87.7 Å². The zero-order chi connectivity index (χ0) is 20.9. The Morgan fingerprint density at radius 2 is 1.68 bits per heavy atom. The van der Waals surface area contributed by atoms with Crippen LogP contribution in [-0.4, -0.2) is 62.6 Å². The minimum Gasteiger partial charge on any atom is -0.373 e. The first-order chi connectivity index (χ1) is 13.0. The van der Waals surface area contributed by atoms with Gasteiger partial charge in [0.15, 0.2) is 0 Å². The van der Waals surface area contributed by atoms with Gasteiger partial charge in [0.05, 0.1) is 17.1 Å². The van der Waals surface area contributed by atoms with E-state index in [0.29, 0.717) is 25.2 Å². The fourth-order valence-electron chi connectivity index (χ4n) is 3.11. The zero-order valence-corrected chi connectivity index (χ0v) is 18.3. The second-order valence-electron chi connectivity index (χ2n) is 8.39. The van der Waals surface area contributed by atoms with Crippen LogP contribution in [0.4, 0.5) is 0 Å². The summed E-state index contributed by atoms with van der Waals surface area (Å²) in [6.45, 7) is 12.1. The number of carbonyl (C=O) groups is 1. The normalized spacial score (nSPS) is 21.5. The summed E-state index contributed by atoms with van der Waals surface area (Å²) in [5.74, 6) is -0.201. The van der Waals surface area contributed by atoms with E-state index in [4.69, 9.17) is 4.74 Å². The van der Waals surface area contributed by atoms with Gasteiger partial charge in [0, 0.05) is 30.7 Å². The van der Waals surface area contributed by atoms with Crippen LogP contribution in [0.5, 0.6) is 0 Å². The van der Waals surface area contributed by atoms with Crippen molar-refractivity contribution in [1.29, 1.82) is 0 Å². The maximum absolute atomic E-state index is 12.8. The maximum Gasteiger partial charge on any atom is 0.251 e. The maximum atomic E-state index is 12.8. The first-order valence-corrected chi connectivity index (χ1v) is 11.2. The predicted molar refractivity (Wildman–Crippen MR) is 110 cm³/mol. The van der Waals surface area contributed by atoms with Gasteiger partial charge in [-0.15, -0.1) is 0 Å². The van der Waals surface area contributed by atoms with Gasteiger partial charge in [-0.1, -0.05) is 0 Å². The molecule has 158 valence electrons. The lowest BCUT2D eigenvalue weighted by molar-refractivity contribution is -0.0440. The molecule has 1 saturated heterocycles. The number of sulfonamides is 1. The van der Waals surface area contributed by atoms with E-state index in [1.807, 2.05) is 13.8 Å². The third kappa shape index (κ3) is 6.55. The van der Waals surface area contributed by atoms with Crippen molar-refractivity contribution in [3.63, 3.8) is 0 Å². The molecule has 0 radical (unpaired) electrons. The number of morpholine rings is 1. The molecule has 0 aromatic heterocycles. The van der Waals surface area contributed by atoms with Crippen LogP contribution in [-0.2, 0) is 14.8 Å². The molecule has 0 saturated carbocycles. The minimum absolute atomic E-state index is 0.0569. The molecule has 1 heterocycles. The lowest BCUT2D eigenvalue weighted by atomic mass is 10.1. The molecule has 0 aliphatic carbocycles. The second-order valence-corrected chi connectivity index (χ2v) is 10.3. The van der Waals surface area contributed by atoms with Crippen LogP contribution in [0.25, 0.3) is 0 Å². The summed E-state index contributed by atoms with van der Waals surface area (Å²) in [6.07, 6.45) is 0.538. The lowest BCUT2D eigenvalue weighted by Gasteiger charge is -2.34. The van der Waals surface area contributed by atoms with Gasteiger partial charge in [0.1, 0.15) is 0 Å². The van der Waals surface area contributed by atoms with Gasteiger partial charge in [-0.3, -0.25) is 4.79 Å². The molecule has 2 rings (SSSR count). The Bertz CT molecular complexity index is 747. The number of carbonyl (C=O) groups excluding carboxylic acids is 1. The monoisotopic (exact) mass is 411 g/mol. The zero-order valence-electron chi connectivity index (χ0n) is 17.5. The van der Waals surface area contributed by atoms with Gasteiger partial charge < -0.3 is 15.4 Å². The van der Waals surface area contributed by atoms with E-state index in [9.17, 15) is 13.2 Å². The molecule has 0 bridgehead atoms. The van der Waals surface area contributed by atoms with Crippen molar-refractivity contribution >= 4 is 15.9 Å². The molecule has 7 nitrogen and oxygen atoms in total. The minimum atomic E-state index is -3.60. The van der Waals surface area contributed by atoms with E-state index >= 15 is 0 Å². The summed E-state index contributed by atoms with van der Waals surface area (Å²) >= 11 is 0. The Balaban J connectivity index is 1.92. The van der Waals surface area contributed by atoms with E-state index in [0.717, 1.165) is 13.0 Å². The molecular weight excluding hydrogens is 378 g/mol. The first-order valence-electron chi connectivity index (χ1n) is 9.78. The molecule has 1 aromatic rings. The highest BCUT2D eigenvalue weighted by Gasteiger charge is 2.32. The van der Waals surface area contributed by atoms with Crippen LogP contribution < -0.4 is 10.6 Å². The fraction of sp³-hybridized carbons (Fsp3) is 0.650. The van der Waals surface area contributed by atoms with Crippen molar-refractivity contribution in [2.75, 3.05) is 26.2 Å². The smallest absolute Gasteiger partial charge is 0.251 e. The molecule has 1 fully saturated rings. The Hall–Kier alpha value is -1.48. The van der Waals surface area contributed by atoms with E-state index in [1.54, 1.807) is 12.1 Å². The summed E-state index contributed by atoms with van der Waals surface area (Å²) in [5, 5.41) is 6.23. The van der Waals surface area contributed by atoms with Crippen LogP contribution >= 0.6 is 0 Å². The highest BCUT2D eigenvalue weighted by atomic mass is 32.2. The quantitative estimate of drug-likeness (QED) is 0.670. The SMILES string of the molecule is C[C@@H]1CN(S(=O)(=O)c2ccc(C(=O)NCCCNC(C)(C)C)cc2)C[C@H](C)O1. The van der Waals surface area contributed by atoms with Crippen molar-refractivity contribution < 1.29 is 17.9 Å². The van der Waals surface area contributed by atoms with Crippen LogP contribution in [0, 0.1) is 0 Å². The molecule has 0 spiro atoms. The molecule has 1 amide bonds. The van der Waals surface area contributed by atoms with Gasteiger partial charge in [-0.2, -0.15) is 4.31 Å². The molecule has 1 aliphatic rings. The first kappa shape index (κ1) is 22.8. The van der Waals surface area contributed by atoms with Crippen molar-refractivity contribution in [3.8, 4) is 0 Å². The van der Waals surface area contributed by atoms with Crippen LogP contribution in [0.3, 0.4) is 0 Å². The van der Waals surface area contributed by atoms with Crippen LogP contribution in [0.2, 0.25) is 0 Å². The molecule has 8 heteroatoms. The summed E-state index contributed by atoms with van der Waals surface area (Å²) < 4.78 is 32.7. The fourth-order valence-corrected chi connectivity index (χ4v) is 4.70. The van der Waals surface area contributed by atoms with Crippen molar-refractivity contribution in [2.45, 2.75) is 63.7 Å². The van der Waals surface area contributed by atoms with Crippen LogP contribution in [0.1, 0.15) is 51.4 Å². The highest BCUT2D eigenvalue weighted by Crippen LogP contribution is 2.21. The largest absolute Gasteiger partial charge is 0.373 e. The molecule has 1 aliphatic heterocycles. The predicted octanol–water partition coefficient (Wildman–Crippen LogP) is 1.99. The molecule has 2 N–H and O–H groups in total. The van der Waals surface area contributed by atoms with Gasteiger partial charge in [0.2, 0.25) is 10.0 Å². The number of nitrogens with one attached hydrogen (secondary N) is 2. The average molecular weight is 412 g/mol. The molecular formula is C20H33N3O4S. The number of amides is 1. The average Bonchev–Trinajstić information content (AvgIpc) is 2.59. The van der Waals surface area contributed by atoms with E-state index < -0.39 is 10.0 Å². The number of hydrogen-bond acceptors (Lipinski definition) is 5. The Kier molecular flexibility index (Phi) is 7.61. The highest BCUT2D eigenvalue weighted by molar-refractivity contribution is 7.89. The third-order valence-corrected chi connectivity index (χ3v) is 6.28. The van der Waals surface area contributed by atoms with Crippen molar-refractivity contribution in [3.05, 3.63) is 29.8 Å². The Morgan fingerprint density at radius 1 is 1.11 bits per heavy atom. The summed E-state index contributed by atoms with van der Waals surface area (Å²) in [6, 6.07) is 6.11. The van der Waals surface area contributed by atoms with E-state index in [-0.39, 0.29) is 28.5 Å². The molecule has 0 unspecified atom stereocenters.